The van der Waals surface area contributed by atoms with E-state index >= 15 is 0 Å². The highest BCUT2D eigenvalue weighted by molar-refractivity contribution is 7.17. The van der Waals surface area contributed by atoms with Crippen molar-refractivity contribution >= 4 is 28.2 Å². The van der Waals surface area contributed by atoms with Gasteiger partial charge in [-0.2, -0.15) is 0 Å². The first-order chi connectivity index (χ1) is 14.5. The summed E-state index contributed by atoms with van der Waals surface area (Å²) in [6.45, 7) is 8.13. The van der Waals surface area contributed by atoms with Crippen molar-refractivity contribution in [3.05, 3.63) is 51.9 Å². The maximum absolute atomic E-state index is 13.7. The van der Waals surface area contributed by atoms with E-state index in [1.54, 1.807) is 23.5 Å². The lowest BCUT2D eigenvalue weighted by Crippen LogP contribution is -2.34. The minimum absolute atomic E-state index is 0.0901. The Labute approximate surface area is 184 Å². The Morgan fingerprint density at radius 2 is 1.77 bits per heavy atom. The first-order valence-electron chi connectivity index (χ1n) is 11.3. The molecule has 1 atom stereocenters. The molecule has 0 fully saturated rings. The van der Waals surface area contributed by atoms with Gasteiger partial charge in [-0.1, -0.05) is 51.8 Å². The fourth-order valence-electron chi connectivity index (χ4n) is 4.00. The summed E-state index contributed by atoms with van der Waals surface area (Å²) in [6.07, 6.45) is 7.14. The third-order valence-corrected chi connectivity index (χ3v) is 7.01. The van der Waals surface area contributed by atoms with Crippen LogP contribution in [0.2, 0.25) is 0 Å². The van der Waals surface area contributed by atoms with E-state index in [0.29, 0.717) is 11.5 Å². The second kappa shape index (κ2) is 10.8. The SMILES string of the molecule is CCCCN(CCCC)C(=O)c1c(NC(=O)c2ccccc2)sc2c1CCC(C)C2. The van der Waals surface area contributed by atoms with Crippen LogP contribution in [0.1, 0.15) is 84.0 Å². The number of hydrogen-bond donors (Lipinski definition) is 1. The van der Waals surface area contributed by atoms with Gasteiger partial charge in [0.1, 0.15) is 5.00 Å². The van der Waals surface area contributed by atoms with Gasteiger partial charge < -0.3 is 10.2 Å². The number of amides is 2. The molecule has 3 rings (SSSR count). The second-order valence-electron chi connectivity index (χ2n) is 8.38. The van der Waals surface area contributed by atoms with E-state index in [1.165, 1.54) is 10.4 Å². The van der Waals surface area contributed by atoms with Gasteiger partial charge in [-0.05, 0) is 55.7 Å². The minimum Gasteiger partial charge on any atom is -0.339 e. The lowest BCUT2D eigenvalue weighted by molar-refractivity contribution is 0.0751. The summed E-state index contributed by atoms with van der Waals surface area (Å²) in [5.74, 6) is 0.560. The first kappa shape index (κ1) is 22.5. The summed E-state index contributed by atoms with van der Waals surface area (Å²) in [6, 6.07) is 9.23. The molecule has 2 aromatic rings. The maximum Gasteiger partial charge on any atom is 0.257 e. The monoisotopic (exact) mass is 426 g/mol. The lowest BCUT2D eigenvalue weighted by atomic mass is 9.88. The Kier molecular flexibility index (Phi) is 8.08. The van der Waals surface area contributed by atoms with Gasteiger partial charge in [-0.25, -0.2) is 0 Å². The number of fused-ring (bicyclic) bond motifs is 1. The first-order valence-corrected chi connectivity index (χ1v) is 12.2. The highest BCUT2D eigenvalue weighted by Crippen LogP contribution is 2.40. The molecular formula is C25H34N2O2S. The van der Waals surface area contributed by atoms with Crippen molar-refractivity contribution in [3.8, 4) is 0 Å². The third-order valence-electron chi connectivity index (χ3n) is 5.84. The number of rotatable bonds is 9. The molecule has 0 spiro atoms. The summed E-state index contributed by atoms with van der Waals surface area (Å²) in [5, 5.41) is 3.81. The summed E-state index contributed by atoms with van der Waals surface area (Å²) in [5.41, 5.74) is 2.53. The van der Waals surface area contributed by atoms with Gasteiger partial charge in [0, 0.05) is 23.5 Å². The van der Waals surface area contributed by atoms with Gasteiger partial charge in [0.25, 0.3) is 11.8 Å². The van der Waals surface area contributed by atoms with E-state index in [-0.39, 0.29) is 11.8 Å². The molecule has 1 heterocycles. The molecule has 5 heteroatoms. The van der Waals surface area contributed by atoms with Crippen LogP contribution in [-0.2, 0) is 12.8 Å². The number of benzene rings is 1. The zero-order valence-electron chi connectivity index (χ0n) is 18.5. The molecule has 2 amide bonds. The summed E-state index contributed by atoms with van der Waals surface area (Å²) in [7, 11) is 0. The zero-order valence-corrected chi connectivity index (χ0v) is 19.3. The van der Waals surface area contributed by atoms with E-state index in [0.717, 1.165) is 68.6 Å². The number of anilines is 1. The van der Waals surface area contributed by atoms with Crippen LogP contribution in [0.4, 0.5) is 5.00 Å². The van der Waals surface area contributed by atoms with Crippen molar-refractivity contribution in [3.63, 3.8) is 0 Å². The van der Waals surface area contributed by atoms with Crippen LogP contribution in [-0.4, -0.2) is 29.8 Å². The van der Waals surface area contributed by atoms with E-state index in [2.05, 4.69) is 26.1 Å². The van der Waals surface area contributed by atoms with Crippen LogP contribution in [0.25, 0.3) is 0 Å². The van der Waals surface area contributed by atoms with Crippen molar-refractivity contribution in [1.82, 2.24) is 4.90 Å². The molecule has 1 aromatic heterocycles. The molecule has 1 unspecified atom stereocenters. The summed E-state index contributed by atoms with van der Waals surface area (Å²) >= 11 is 1.60. The van der Waals surface area contributed by atoms with Gasteiger partial charge in [0.2, 0.25) is 0 Å². The van der Waals surface area contributed by atoms with E-state index in [9.17, 15) is 9.59 Å². The average Bonchev–Trinajstić information content (AvgIpc) is 3.10. The smallest absolute Gasteiger partial charge is 0.257 e. The largest absolute Gasteiger partial charge is 0.339 e. The van der Waals surface area contributed by atoms with Gasteiger partial charge in [0.15, 0.2) is 0 Å². The van der Waals surface area contributed by atoms with Crippen molar-refractivity contribution in [2.24, 2.45) is 5.92 Å². The highest BCUT2D eigenvalue weighted by atomic mass is 32.1. The van der Waals surface area contributed by atoms with Gasteiger partial charge in [0.05, 0.1) is 5.56 Å². The van der Waals surface area contributed by atoms with Crippen LogP contribution in [0.5, 0.6) is 0 Å². The Morgan fingerprint density at radius 3 is 2.40 bits per heavy atom. The molecule has 0 bridgehead atoms. The van der Waals surface area contributed by atoms with Crippen molar-refractivity contribution < 1.29 is 9.59 Å². The Balaban J connectivity index is 1.94. The molecule has 1 aliphatic rings. The fraction of sp³-hybridized carbons (Fsp3) is 0.520. The molecule has 4 nitrogen and oxygen atoms in total. The molecule has 1 aliphatic carbocycles. The summed E-state index contributed by atoms with van der Waals surface area (Å²) in [4.78, 5) is 29.8. The third kappa shape index (κ3) is 5.31. The second-order valence-corrected chi connectivity index (χ2v) is 9.48. The lowest BCUT2D eigenvalue weighted by Gasteiger charge is -2.25. The average molecular weight is 427 g/mol. The number of nitrogens with one attached hydrogen (secondary N) is 1. The minimum atomic E-state index is -0.148. The summed E-state index contributed by atoms with van der Waals surface area (Å²) < 4.78 is 0. The van der Waals surface area contributed by atoms with Crippen LogP contribution in [0.15, 0.2) is 30.3 Å². The molecule has 30 heavy (non-hydrogen) atoms. The van der Waals surface area contributed by atoms with E-state index < -0.39 is 0 Å². The topological polar surface area (TPSA) is 49.4 Å². The van der Waals surface area contributed by atoms with E-state index in [1.807, 2.05) is 23.1 Å². The molecule has 0 radical (unpaired) electrons. The highest BCUT2D eigenvalue weighted by Gasteiger charge is 2.30. The Bertz CT molecular complexity index is 852. The van der Waals surface area contributed by atoms with Crippen molar-refractivity contribution in [1.29, 1.82) is 0 Å². The van der Waals surface area contributed by atoms with Gasteiger partial charge >= 0.3 is 0 Å². The quantitative estimate of drug-likeness (QED) is 0.521. The number of thiophene rings is 1. The molecule has 1 N–H and O–H groups in total. The predicted octanol–water partition coefficient (Wildman–Crippen LogP) is 6.17. The molecule has 162 valence electrons. The number of carbonyl (C=O) groups is 2. The number of carbonyl (C=O) groups excluding carboxylic acids is 2. The molecule has 0 saturated carbocycles. The van der Waals surface area contributed by atoms with Crippen molar-refractivity contribution in [2.75, 3.05) is 18.4 Å². The number of nitrogens with zero attached hydrogens (tertiary/aromatic N) is 1. The van der Waals surface area contributed by atoms with E-state index in [4.69, 9.17) is 0 Å². The van der Waals surface area contributed by atoms with Crippen molar-refractivity contribution in [2.45, 2.75) is 65.7 Å². The molecule has 1 aromatic carbocycles. The van der Waals surface area contributed by atoms with Crippen LogP contribution in [0.3, 0.4) is 0 Å². The van der Waals surface area contributed by atoms with Crippen LogP contribution >= 0.6 is 11.3 Å². The molecular weight excluding hydrogens is 392 g/mol. The maximum atomic E-state index is 13.7. The predicted molar refractivity (Wildman–Crippen MR) is 126 cm³/mol. The molecule has 0 aliphatic heterocycles. The van der Waals surface area contributed by atoms with Crippen LogP contribution < -0.4 is 5.32 Å². The molecule has 0 saturated heterocycles. The Morgan fingerprint density at radius 1 is 1.10 bits per heavy atom. The number of hydrogen-bond acceptors (Lipinski definition) is 3. The standard InChI is InChI=1S/C25H34N2O2S/c1-4-6-15-27(16-7-5-2)25(29)22-20-14-13-18(3)17-21(20)30-24(22)26-23(28)19-11-9-8-10-12-19/h8-12,18H,4-7,13-17H2,1-3H3,(H,26,28). The van der Waals surface area contributed by atoms with Gasteiger partial charge in [-0.3, -0.25) is 9.59 Å². The number of unbranched alkanes of at least 4 members (excludes halogenated alkanes) is 2. The normalized spacial score (nSPS) is 15.5. The van der Waals surface area contributed by atoms with Crippen LogP contribution in [0, 0.1) is 5.92 Å². The van der Waals surface area contributed by atoms with Gasteiger partial charge in [-0.15, -0.1) is 11.3 Å². The fourth-order valence-corrected chi connectivity index (χ4v) is 5.40. The Hall–Kier alpha value is -2.14. The zero-order chi connectivity index (χ0) is 21.5.